The van der Waals surface area contributed by atoms with Crippen LogP contribution in [-0.4, -0.2) is 72.3 Å². The normalized spacial score (nSPS) is 41.9. The van der Waals surface area contributed by atoms with Gasteiger partial charge in [0.2, 0.25) is 0 Å². The summed E-state index contributed by atoms with van der Waals surface area (Å²) in [7, 11) is 0. The lowest BCUT2D eigenvalue weighted by atomic mass is 9.51. The number of hydrogen-bond donors (Lipinski definition) is 1. The zero-order chi connectivity index (χ0) is 24.9. The van der Waals surface area contributed by atoms with Gasteiger partial charge in [0.05, 0.1) is 23.5 Å². The van der Waals surface area contributed by atoms with Crippen LogP contribution in [0.15, 0.2) is 11.6 Å². The van der Waals surface area contributed by atoms with Crippen molar-refractivity contribution >= 4 is 17.9 Å². The first-order valence-corrected chi connectivity index (χ1v) is 12.2. The van der Waals surface area contributed by atoms with Gasteiger partial charge in [-0.2, -0.15) is 0 Å². The van der Waals surface area contributed by atoms with Gasteiger partial charge >= 0.3 is 17.9 Å². The quantitative estimate of drug-likeness (QED) is 0.183. The van der Waals surface area contributed by atoms with Crippen LogP contribution in [0.1, 0.15) is 66.7 Å². The van der Waals surface area contributed by atoms with E-state index in [9.17, 15) is 19.5 Å². The molecular weight excluding hydrogens is 444 g/mol. The zero-order valence-corrected chi connectivity index (χ0v) is 20.6. The van der Waals surface area contributed by atoms with Crippen LogP contribution < -0.4 is 0 Å². The second-order valence-electron chi connectivity index (χ2n) is 10.4. The average molecular weight is 481 g/mol. The number of esters is 3. The molecule has 2 aliphatic heterocycles. The van der Waals surface area contributed by atoms with E-state index >= 15 is 0 Å². The van der Waals surface area contributed by atoms with Gasteiger partial charge in [-0.15, -0.1) is 0 Å². The Bertz CT molecular complexity index is 878. The molecule has 190 valence electrons. The fraction of sp³-hybridized carbons (Fsp3) is 0.800. The first-order chi connectivity index (χ1) is 16.0. The van der Waals surface area contributed by atoms with Crippen LogP contribution in [0, 0.1) is 10.8 Å². The van der Waals surface area contributed by atoms with E-state index in [2.05, 4.69) is 6.92 Å². The van der Waals surface area contributed by atoms with Gasteiger partial charge in [0.25, 0.3) is 0 Å². The monoisotopic (exact) mass is 480 g/mol. The number of hydrogen-bond acceptors (Lipinski definition) is 9. The maximum absolute atomic E-state index is 12.6. The predicted molar refractivity (Wildman–Crippen MR) is 118 cm³/mol. The van der Waals surface area contributed by atoms with Crippen molar-refractivity contribution in [2.24, 2.45) is 10.8 Å². The summed E-state index contributed by atoms with van der Waals surface area (Å²) in [6, 6.07) is 0. The largest absolute Gasteiger partial charge is 0.465 e. The number of unbranched alkanes of at least 4 members (excludes halogenated alkanes) is 2. The number of ether oxygens (including phenoxy) is 5. The Labute approximate surface area is 200 Å². The summed E-state index contributed by atoms with van der Waals surface area (Å²) >= 11 is 0. The van der Waals surface area contributed by atoms with Crippen molar-refractivity contribution in [1.82, 2.24) is 0 Å². The third kappa shape index (κ3) is 3.67. The predicted octanol–water partition coefficient (Wildman–Crippen LogP) is 2.23. The fourth-order valence-corrected chi connectivity index (χ4v) is 6.46. The summed E-state index contributed by atoms with van der Waals surface area (Å²) in [4.78, 5) is 36.6. The Balaban J connectivity index is 1.74. The highest BCUT2D eigenvalue weighted by atomic mass is 16.7. The molecule has 4 aliphatic rings. The summed E-state index contributed by atoms with van der Waals surface area (Å²) in [5.41, 5.74) is -1.98. The molecule has 2 heterocycles. The second-order valence-corrected chi connectivity index (χ2v) is 10.4. The second kappa shape index (κ2) is 8.91. The maximum Gasteiger partial charge on any atom is 0.306 e. The van der Waals surface area contributed by atoms with E-state index in [0.29, 0.717) is 13.0 Å². The number of aliphatic hydroxyl groups is 1. The van der Waals surface area contributed by atoms with Gasteiger partial charge in [0.15, 0.2) is 0 Å². The minimum absolute atomic E-state index is 0.0561. The van der Waals surface area contributed by atoms with Crippen molar-refractivity contribution in [3.8, 4) is 0 Å². The highest BCUT2D eigenvalue weighted by Gasteiger charge is 2.86. The van der Waals surface area contributed by atoms with Crippen molar-refractivity contribution in [1.29, 1.82) is 0 Å². The topological polar surface area (TPSA) is 121 Å². The van der Waals surface area contributed by atoms with Crippen LogP contribution in [0.3, 0.4) is 0 Å². The van der Waals surface area contributed by atoms with Crippen LogP contribution in [0.4, 0.5) is 0 Å². The number of carbonyl (C=O) groups excluding carboxylic acids is 3. The SMILES string of the molecule is CCCCCC(=O)O[C@H]1C[C@@]2(COC(C)=O)[C@@H](C=C1C)O[C@@H]1[C@H](O)[C@@H](OC(C)=O)[C@@]2(C)[C@]12CO2. The molecular formula is C25H36O9. The third-order valence-electron chi connectivity index (χ3n) is 8.41. The molecule has 0 unspecified atom stereocenters. The zero-order valence-electron chi connectivity index (χ0n) is 20.6. The summed E-state index contributed by atoms with van der Waals surface area (Å²) in [5.74, 6) is -1.28. The van der Waals surface area contributed by atoms with Crippen molar-refractivity contribution in [2.45, 2.75) is 103 Å². The molecule has 0 radical (unpaired) electrons. The molecule has 1 saturated carbocycles. The van der Waals surface area contributed by atoms with Gasteiger partial charge in [-0.3, -0.25) is 14.4 Å². The number of carbonyl (C=O) groups is 3. The molecule has 1 spiro atoms. The van der Waals surface area contributed by atoms with E-state index in [0.717, 1.165) is 24.8 Å². The lowest BCUT2D eigenvalue weighted by molar-refractivity contribution is -0.241. The van der Waals surface area contributed by atoms with Gasteiger partial charge < -0.3 is 28.8 Å². The first-order valence-electron chi connectivity index (χ1n) is 12.2. The number of epoxide rings is 1. The van der Waals surface area contributed by atoms with Crippen LogP contribution in [0.25, 0.3) is 0 Å². The van der Waals surface area contributed by atoms with Gasteiger partial charge in [0.1, 0.15) is 36.6 Å². The Hall–Kier alpha value is -1.97. The molecule has 2 saturated heterocycles. The summed E-state index contributed by atoms with van der Waals surface area (Å²) in [6.07, 6.45) is 1.34. The molecule has 2 bridgehead atoms. The number of rotatable bonds is 8. The average Bonchev–Trinajstić information content (AvgIpc) is 3.54. The van der Waals surface area contributed by atoms with E-state index in [4.69, 9.17) is 23.7 Å². The molecule has 9 heteroatoms. The molecule has 0 amide bonds. The molecule has 0 aromatic rings. The molecule has 0 aromatic heterocycles. The van der Waals surface area contributed by atoms with Gasteiger partial charge in [-0.1, -0.05) is 32.8 Å². The first kappa shape index (κ1) is 25.1. The van der Waals surface area contributed by atoms with Crippen LogP contribution >= 0.6 is 0 Å². The van der Waals surface area contributed by atoms with E-state index in [1.54, 1.807) is 0 Å². The van der Waals surface area contributed by atoms with Crippen LogP contribution in [0.2, 0.25) is 0 Å². The van der Waals surface area contributed by atoms with Crippen LogP contribution in [-0.2, 0) is 38.1 Å². The van der Waals surface area contributed by atoms with Gasteiger partial charge in [0, 0.05) is 26.7 Å². The maximum atomic E-state index is 12.6. The van der Waals surface area contributed by atoms with Crippen molar-refractivity contribution in [3.63, 3.8) is 0 Å². The van der Waals surface area contributed by atoms with E-state index in [-0.39, 0.29) is 19.0 Å². The lowest BCUT2D eigenvalue weighted by Crippen LogP contribution is -2.68. The standard InChI is InChI=1S/C25H36O9/c1-6-7-8-9-19(28)33-17-11-24(12-30-15(3)26)18(10-14(17)2)34-22-20(29)21(32-16(4)27)23(24,5)25(22)13-31-25/h10,17-18,20-22,29H,6-9,11-13H2,1-5H3/t17-,18+,20+,21+,22+,23+,24+,25-/m0/s1. The Morgan fingerprint density at radius 3 is 2.47 bits per heavy atom. The summed E-state index contributed by atoms with van der Waals surface area (Å²) < 4.78 is 29.5. The third-order valence-corrected chi connectivity index (χ3v) is 8.41. The highest BCUT2D eigenvalue weighted by molar-refractivity contribution is 5.70. The smallest absolute Gasteiger partial charge is 0.306 e. The minimum atomic E-state index is -1.11. The van der Waals surface area contributed by atoms with Crippen LogP contribution in [0.5, 0.6) is 0 Å². The Morgan fingerprint density at radius 1 is 1.18 bits per heavy atom. The van der Waals surface area contributed by atoms with Crippen molar-refractivity contribution in [3.05, 3.63) is 11.6 Å². The molecule has 3 fully saturated rings. The van der Waals surface area contributed by atoms with Gasteiger partial charge in [-0.05, 0) is 18.9 Å². The van der Waals surface area contributed by atoms with Crippen molar-refractivity contribution in [2.75, 3.05) is 13.2 Å². The van der Waals surface area contributed by atoms with Gasteiger partial charge in [-0.25, -0.2) is 0 Å². The molecule has 2 aliphatic carbocycles. The summed E-state index contributed by atoms with van der Waals surface area (Å²) in [6.45, 7) is 8.74. The number of aliphatic hydroxyl groups excluding tert-OH is 1. The van der Waals surface area contributed by atoms with E-state index < -0.39 is 58.9 Å². The fourth-order valence-electron chi connectivity index (χ4n) is 6.46. The molecule has 8 atom stereocenters. The highest BCUT2D eigenvalue weighted by Crippen LogP contribution is 2.72. The van der Waals surface area contributed by atoms with Crippen molar-refractivity contribution < 1.29 is 43.2 Å². The molecule has 4 rings (SSSR count). The molecule has 1 N–H and O–H groups in total. The van der Waals surface area contributed by atoms with E-state index in [1.165, 1.54) is 13.8 Å². The minimum Gasteiger partial charge on any atom is -0.465 e. The lowest BCUT2D eigenvalue weighted by Gasteiger charge is -2.58. The molecule has 0 aromatic carbocycles. The Kier molecular flexibility index (Phi) is 6.59. The number of fused-ring (bicyclic) bond motifs is 2. The Morgan fingerprint density at radius 2 is 1.88 bits per heavy atom. The molecule has 34 heavy (non-hydrogen) atoms. The summed E-state index contributed by atoms with van der Waals surface area (Å²) in [5, 5.41) is 11.2. The van der Waals surface area contributed by atoms with E-state index in [1.807, 2.05) is 19.9 Å². The molecule has 9 nitrogen and oxygen atoms in total.